The molecule has 0 saturated heterocycles. The molecular weight excluding hydrogens is 296 g/mol. The van der Waals surface area contributed by atoms with Crippen molar-refractivity contribution in [3.63, 3.8) is 0 Å². The molecule has 0 aliphatic rings. The van der Waals surface area contributed by atoms with Crippen LogP contribution in [0.3, 0.4) is 0 Å². The Labute approximate surface area is 117 Å². The third-order valence-electron chi connectivity index (χ3n) is 3.53. The highest BCUT2D eigenvalue weighted by molar-refractivity contribution is 9.10. The summed E-state index contributed by atoms with van der Waals surface area (Å²) in [7, 11) is 3.26. The lowest BCUT2D eigenvalue weighted by molar-refractivity contribution is -0.0915. The number of rotatable bonds is 6. The van der Waals surface area contributed by atoms with E-state index in [1.165, 1.54) is 0 Å². The Morgan fingerprint density at radius 3 is 2.56 bits per heavy atom. The molecule has 0 spiro atoms. The van der Waals surface area contributed by atoms with Crippen LogP contribution in [-0.4, -0.2) is 31.0 Å². The van der Waals surface area contributed by atoms with Crippen LogP contribution >= 0.6 is 15.9 Å². The van der Waals surface area contributed by atoms with E-state index in [1.54, 1.807) is 14.2 Å². The van der Waals surface area contributed by atoms with Crippen LogP contribution in [0.5, 0.6) is 5.75 Å². The number of methoxy groups -OCH3 is 2. The zero-order valence-electron chi connectivity index (χ0n) is 11.4. The average Bonchev–Trinajstić information content (AvgIpc) is 2.38. The van der Waals surface area contributed by atoms with Crippen molar-refractivity contribution >= 4 is 15.9 Å². The molecule has 0 aliphatic carbocycles. The van der Waals surface area contributed by atoms with Gasteiger partial charge < -0.3 is 14.6 Å². The van der Waals surface area contributed by atoms with Gasteiger partial charge in [0.1, 0.15) is 5.75 Å². The zero-order valence-corrected chi connectivity index (χ0v) is 13.0. The summed E-state index contributed by atoms with van der Waals surface area (Å²) in [5, 5.41) is 10.3. The average molecular weight is 317 g/mol. The molecule has 0 amide bonds. The maximum atomic E-state index is 10.3. The smallest absolute Gasteiger partial charge is 0.122 e. The normalized spacial score (nSPS) is 16.1. The molecule has 18 heavy (non-hydrogen) atoms. The number of halogens is 1. The first-order valence-corrected chi connectivity index (χ1v) is 6.81. The maximum Gasteiger partial charge on any atom is 0.122 e. The summed E-state index contributed by atoms with van der Waals surface area (Å²) in [5.74, 6) is 0.784. The van der Waals surface area contributed by atoms with Gasteiger partial charge in [-0.3, -0.25) is 0 Å². The van der Waals surface area contributed by atoms with Gasteiger partial charge in [-0.15, -0.1) is 0 Å². The quantitative estimate of drug-likeness (QED) is 0.876. The van der Waals surface area contributed by atoms with E-state index in [1.807, 2.05) is 32.0 Å². The first kappa shape index (κ1) is 15.5. The Bertz CT molecular complexity index is 389. The lowest BCUT2D eigenvalue weighted by atomic mass is 9.90. The molecule has 1 N–H and O–H groups in total. The Hall–Kier alpha value is -0.580. The summed E-state index contributed by atoms with van der Waals surface area (Å²) >= 11 is 3.43. The van der Waals surface area contributed by atoms with Crippen LogP contribution in [0.15, 0.2) is 22.7 Å². The molecule has 4 heteroatoms. The standard InChI is InChI=1S/C14H21BrO3/c1-5-14(2,18-4)13(16)9-10-8-11(15)6-7-12(10)17-3/h6-8,13,16H,5,9H2,1-4H3. The van der Waals surface area contributed by atoms with E-state index in [2.05, 4.69) is 15.9 Å². The Morgan fingerprint density at radius 1 is 1.39 bits per heavy atom. The minimum atomic E-state index is -0.573. The van der Waals surface area contributed by atoms with Gasteiger partial charge in [0.15, 0.2) is 0 Å². The van der Waals surface area contributed by atoms with E-state index < -0.39 is 11.7 Å². The molecule has 0 heterocycles. The van der Waals surface area contributed by atoms with Crippen molar-refractivity contribution in [1.29, 1.82) is 0 Å². The van der Waals surface area contributed by atoms with Gasteiger partial charge in [-0.25, -0.2) is 0 Å². The third kappa shape index (κ3) is 3.46. The van der Waals surface area contributed by atoms with Crippen molar-refractivity contribution in [3.05, 3.63) is 28.2 Å². The number of ether oxygens (including phenoxy) is 2. The second-order valence-corrected chi connectivity index (χ2v) is 5.46. The van der Waals surface area contributed by atoms with E-state index in [0.717, 1.165) is 22.2 Å². The monoisotopic (exact) mass is 316 g/mol. The summed E-state index contributed by atoms with van der Waals surface area (Å²) in [6.07, 6.45) is 0.678. The van der Waals surface area contributed by atoms with Gasteiger partial charge in [-0.2, -0.15) is 0 Å². The number of aliphatic hydroxyl groups excluding tert-OH is 1. The SMILES string of the molecule is CCC(C)(OC)C(O)Cc1cc(Br)ccc1OC. The number of benzene rings is 1. The Morgan fingerprint density at radius 2 is 2.06 bits per heavy atom. The van der Waals surface area contributed by atoms with Gasteiger partial charge in [-0.05, 0) is 37.1 Å². The molecule has 1 aromatic carbocycles. The molecular formula is C14H21BrO3. The first-order valence-electron chi connectivity index (χ1n) is 6.02. The summed E-state index contributed by atoms with van der Waals surface area (Å²) in [5.41, 5.74) is 0.434. The van der Waals surface area contributed by atoms with E-state index in [-0.39, 0.29) is 0 Å². The van der Waals surface area contributed by atoms with Gasteiger partial charge in [-0.1, -0.05) is 22.9 Å². The highest BCUT2D eigenvalue weighted by Crippen LogP contribution is 2.28. The topological polar surface area (TPSA) is 38.7 Å². The van der Waals surface area contributed by atoms with Crippen LogP contribution in [0.2, 0.25) is 0 Å². The fourth-order valence-electron chi connectivity index (χ4n) is 1.85. The van der Waals surface area contributed by atoms with Gasteiger partial charge in [0, 0.05) is 18.0 Å². The minimum Gasteiger partial charge on any atom is -0.496 e. The second-order valence-electron chi connectivity index (χ2n) is 4.55. The molecule has 102 valence electrons. The fourth-order valence-corrected chi connectivity index (χ4v) is 2.26. The first-order chi connectivity index (χ1) is 8.46. The molecule has 0 saturated carbocycles. The van der Waals surface area contributed by atoms with Crippen LogP contribution in [0, 0.1) is 0 Å². The van der Waals surface area contributed by atoms with Gasteiger partial charge >= 0.3 is 0 Å². The summed E-state index contributed by atoms with van der Waals surface area (Å²) in [6, 6.07) is 5.78. The second kappa shape index (κ2) is 6.55. The fraction of sp³-hybridized carbons (Fsp3) is 0.571. The van der Waals surface area contributed by atoms with Gasteiger partial charge in [0.2, 0.25) is 0 Å². The lowest BCUT2D eigenvalue weighted by Gasteiger charge is -2.32. The van der Waals surface area contributed by atoms with E-state index in [9.17, 15) is 5.11 Å². The van der Waals surface area contributed by atoms with Crippen molar-refractivity contribution in [1.82, 2.24) is 0 Å². The summed E-state index contributed by atoms with van der Waals surface area (Å²) in [6.45, 7) is 3.92. The van der Waals surface area contributed by atoms with Gasteiger partial charge in [0.05, 0.1) is 18.8 Å². The molecule has 0 fully saturated rings. The van der Waals surface area contributed by atoms with Crippen LogP contribution < -0.4 is 4.74 Å². The zero-order chi connectivity index (χ0) is 13.8. The minimum absolute atomic E-state index is 0.501. The largest absolute Gasteiger partial charge is 0.496 e. The van der Waals surface area contributed by atoms with Crippen LogP contribution in [0.1, 0.15) is 25.8 Å². The summed E-state index contributed by atoms with van der Waals surface area (Å²) in [4.78, 5) is 0. The Balaban J connectivity index is 2.93. The van der Waals surface area contributed by atoms with Crippen LogP contribution in [0.4, 0.5) is 0 Å². The molecule has 2 atom stereocenters. The maximum absolute atomic E-state index is 10.3. The molecule has 0 aromatic heterocycles. The van der Waals surface area contributed by atoms with E-state index >= 15 is 0 Å². The Kier molecular flexibility index (Phi) is 5.63. The van der Waals surface area contributed by atoms with Crippen molar-refractivity contribution in [2.24, 2.45) is 0 Å². The van der Waals surface area contributed by atoms with Gasteiger partial charge in [0.25, 0.3) is 0 Å². The number of hydrogen-bond acceptors (Lipinski definition) is 3. The van der Waals surface area contributed by atoms with Crippen molar-refractivity contribution in [2.75, 3.05) is 14.2 Å². The highest BCUT2D eigenvalue weighted by atomic mass is 79.9. The van der Waals surface area contributed by atoms with Crippen molar-refractivity contribution in [2.45, 2.75) is 38.4 Å². The predicted octanol–water partition coefficient (Wildman–Crippen LogP) is 3.18. The highest BCUT2D eigenvalue weighted by Gasteiger charge is 2.31. The predicted molar refractivity (Wildman–Crippen MR) is 76.1 cm³/mol. The molecule has 0 radical (unpaired) electrons. The molecule has 1 rings (SSSR count). The number of aliphatic hydroxyl groups is 1. The van der Waals surface area contributed by atoms with Crippen molar-refractivity contribution < 1.29 is 14.6 Å². The molecule has 3 nitrogen and oxygen atoms in total. The molecule has 0 aliphatic heterocycles. The summed E-state index contributed by atoms with van der Waals surface area (Å²) < 4.78 is 11.7. The van der Waals surface area contributed by atoms with E-state index in [4.69, 9.17) is 9.47 Å². The molecule has 1 aromatic rings. The lowest BCUT2D eigenvalue weighted by Crippen LogP contribution is -2.42. The van der Waals surface area contributed by atoms with Crippen molar-refractivity contribution in [3.8, 4) is 5.75 Å². The van der Waals surface area contributed by atoms with Crippen LogP contribution in [-0.2, 0) is 11.2 Å². The third-order valence-corrected chi connectivity index (χ3v) is 4.02. The van der Waals surface area contributed by atoms with E-state index in [0.29, 0.717) is 6.42 Å². The molecule has 2 unspecified atom stereocenters. The van der Waals surface area contributed by atoms with Crippen LogP contribution in [0.25, 0.3) is 0 Å². The molecule has 0 bridgehead atoms. The number of hydrogen-bond donors (Lipinski definition) is 1.